The Hall–Kier alpha value is -0.960. The van der Waals surface area contributed by atoms with E-state index in [0.29, 0.717) is 17.9 Å². The van der Waals surface area contributed by atoms with Crippen molar-refractivity contribution in [2.24, 2.45) is 5.41 Å². The largest absolute Gasteiger partial charge is 0.313 e. The highest BCUT2D eigenvalue weighted by molar-refractivity contribution is 5.18. The van der Waals surface area contributed by atoms with E-state index in [2.05, 4.69) is 19.2 Å². The van der Waals surface area contributed by atoms with Crippen molar-refractivity contribution >= 4 is 0 Å². The van der Waals surface area contributed by atoms with Gasteiger partial charge in [0.15, 0.2) is 0 Å². The first-order valence-corrected chi connectivity index (χ1v) is 6.66. The van der Waals surface area contributed by atoms with Gasteiger partial charge >= 0.3 is 0 Å². The summed E-state index contributed by atoms with van der Waals surface area (Å²) < 4.78 is 26.0. The van der Waals surface area contributed by atoms with Crippen LogP contribution in [0, 0.1) is 17.0 Å². The van der Waals surface area contributed by atoms with Gasteiger partial charge in [-0.3, -0.25) is 0 Å². The first-order valence-electron chi connectivity index (χ1n) is 6.66. The SMILES string of the molecule is CC1(C)CCCC1NCCc1cc(F)cc(F)c1. The molecule has 1 saturated carbocycles. The molecule has 0 saturated heterocycles. The zero-order chi connectivity index (χ0) is 13.2. The fraction of sp³-hybridized carbons (Fsp3) is 0.600. The molecule has 0 heterocycles. The fourth-order valence-corrected chi connectivity index (χ4v) is 2.85. The molecular weight excluding hydrogens is 232 g/mol. The highest BCUT2D eigenvalue weighted by Crippen LogP contribution is 2.37. The molecule has 0 radical (unpaired) electrons. The lowest BCUT2D eigenvalue weighted by molar-refractivity contribution is 0.285. The molecule has 1 nitrogen and oxygen atoms in total. The Morgan fingerprint density at radius 3 is 2.44 bits per heavy atom. The molecule has 1 N–H and O–H groups in total. The number of benzene rings is 1. The van der Waals surface area contributed by atoms with Crippen LogP contribution in [-0.2, 0) is 6.42 Å². The molecule has 0 aromatic heterocycles. The fourth-order valence-electron chi connectivity index (χ4n) is 2.85. The van der Waals surface area contributed by atoms with Crippen LogP contribution in [0.4, 0.5) is 8.78 Å². The molecule has 1 aromatic carbocycles. The molecule has 3 heteroatoms. The average Bonchev–Trinajstić information content (AvgIpc) is 2.57. The van der Waals surface area contributed by atoms with Crippen molar-refractivity contribution < 1.29 is 8.78 Å². The van der Waals surface area contributed by atoms with E-state index in [-0.39, 0.29) is 0 Å². The average molecular weight is 253 g/mol. The lowest BCUT2D eigenvalue weighted by atomic mass is 9.87. The topological polar surface area (TPSA) is 12.0 Å². The minimum Gasteiger partial charge on any atom is -0.313 e. The van der Waals surface area contributed by atoms with Gasteiger partial charge in [0.05, 0.1) is 0 Å². The maximum absolute atomic E-state index is 13.0. The first-order chi connectivity index (χ1) is 8.47. The molecule has 18 heavy (non-hydrogen) atoms. The minimum atomic E-state index is -0.494. The summed E-state index contributed by atoms with van der Waals surface area (Å²) in [5.74, 6) is -0.989. The Morgan fingerprint density at radius 2 is 1.89 bits per heavy atom. The van der Waals surface area contributed by atoms with Crippen molar-refractivity contribution in [1.29, 1.82) is 0 Å². The lowest BCUT2D eigenvalue weighted by Crippen LogP contribution is -2.38. The van der Waals surface area contributed by atoms with Crippen LogP contribution in [0.2, 0.25) is 0 Å². The maximum Gasteiger partial charge on any atom is 0.126 e. The predicted molar refractivity (Wildman–Crippen MR) is 69.5 cm³/mol. The van der Waals surface area contributed by atoms with E-state index in [1.807, 2.05) is 0 Å². The second kappa shape index (κ2) is 5.35. The summed E-state index contributed by atoms with van der Waals surface area (Å²) in [6.07, 6.45) is 4.38. The van der Waals surface area contributed by atoms with Gasteiger partial charge in [0.2, 0.25) is 0 Å². The van der Waals surface area contributed by atoms with E-state index in [1.165, 1.54) is 31.4 Å². The summed E-state index contributed by atoms with van der Waals surface area (Å²) in [4.78, 5) is 0. The highest BCUT2D eigenvalue weighted by Gasteiger charge is 2.33. The Labute approximate surface area is 108 Å². The van der Waals surface area contributed by atoms with E-state index in [4.69, 9.17) is 0 Å². The van der Waals surface area contributed by atoms with Crippen LogP contribution in [0.5, 0.6) is 0 Å². The van der Waals surface area contributed by atoms with Crippen molar-refractivity contribution in [3.63, 3.8) is 0 Å². The van der Waals surface area contributed by atoms with Crippen LogP contribution in [-0.4, -0.2) is 12.6 Å². The third-order valence-corrected chi connectivity index (χ3v) is 3.98. The molecule has 100 valence electrons. The standard InChI is InChI=1S/C15H21F2N/c1-15(2)6-3-4-14(15)18-7-5-11-8-12(16)10-13(17)9-11/h8-10,14,18H,3-7H2,1-2H3. The molecule has 2 rings (SSSR count). The maximum atomic E-state index is 13.0. The predicted octanol–water partition coefficient (Wildman–Crippen LogP) is 3.68. The summed E-state index contributed by atoms with van der Waals surface area (Å²) in [7, 11) is 0. The number of hydrogen-bond acceptors (Lipinski definition) is 1. The van der Waals surface area contributed by atoms with E-state index in [1.54, 1.807) is 0 Å². The van der Waals surface area contributed by atoms with Crippen LogP contribution < -0.4 is 5.32 Å². The van der Waals surface area contributed by atoms with E-state index < -0.39 is 11.6 Å². The molecular formula is C15H21F2N. The van der Waals surface area contributed by atoms with Gasteiger partial charge < -0.3 is 5.32 Å². The van der Waals surface area contributed by atoms with Gasteiger partial charge in [0.1, 0.15) is 11.6 Å². The summed E-state index contributed by atoms with van der Waals surface area (Å²) in [6.45, 7) is 5.33. The zero-order valence-electron chi connectivity index (χ0n) is 11.1. The van der Waals surface area contributed by atoms with Crippen molar-refractivity contribution in [1.82, 2.24) is 5.32 Å². The molecule has 1 aliphatic rings. The zero-order valence-corrected chi connectivity index (χ0v) is 11.1. The van der Waals surface area contributed by atoms with Gasteiger partial charge in [0, 0.05) is 12.1 Å². The van der Waals surface area contributed by atoms with E-state index in [0.717, 1.165) is 18.2 Å². The molecule has 0 aliphatic heterocycles. The van der Waals surface area contributed by atoms with Crippen LogP contribution in [0.15, 0.2) is 18.2 Å². The third-order valence-electron chi connectivity index (χ3n) is 3.98. The minimum absolute atomic E-state index is 0.340. The second-order valence-corrected chi connectivity index (χ2v) is 5.92. The van der Waals surface area contributed by atoms with Gasteiger partial charge in [-0.2, -0.15) is 0 Å². The molecule has 1 fully saturated rings. The molecule has 0 amide bonds. The molecule has 0 bridgehead atoms. The summed E-state index contributed by atoms with van der Waals surface area (Å²) >= 11 is 0. The highest BCUT2D eigenvalue weighted by atomic mass is 19.1. The molecule has 0 spiro atoms. The van der Waals surface area contributed by atoms with E-state index >= 15 is 0 Å². The van der Waals surface area contributed by atoms with Crippen molar-refractivity contribution in [2.75, 3.05) is 6.54 Å². The summed E-state index contributed by atoms with van der Waals surface area (Å²) in [5.41, 5.74) is 1.06. The Kier molecular flexibility index (Phi) is 4.00. The van der Waals surface area contributed by atoms with Gasteiger partial charge in [0.25, 0.3) is 0 Å². The Bertz CT molecular complexity index is 395. The van der Waals surface area contributed by atoms with Crippen molar-refractivity contribution in [3.05, 3.63) is 35.4 Å². The van der Waals surface area contributed by atoms with Gasteiger partial charge in [-0.1, -0.05) is 20.3 Å². The molecule has 1 unspecified atom stereocenters. The smallest absolute Gasteiger partial charge is 0.126 e. The third kappa shape index (κ3) is 3.29. The van der Waals surface area contributed by atoms with Gasteiger partial charge in [-0.25, -0.2) is 8.78 Å². The van der Waals surface area contributed by atoms with E-state index in [9.17, 15) is 8.78 Å². The number of rotatable bonds is 4. The lowest BCUT2D eigenvalue weighted by Gasteiger charge is -2.28. The number of halogens is 2. The quantitative estimate of drug-likeness (QED) is 0.863. The van der Waals surface area contributed by atoms with Crippen LogP contribution in [0.3, 0.4) is 0 Å². The van der Waals surface area contributed by atoms with Crippen LogP contribution >= 0.6 is 0 Å². The Morgan fingerprint density at radius 1 is 1.22 bits per heavy atom. The van der Waals surface area contributed by atoms with Crippen molar-refractivity contribution in [3.8, 4) is 0 Å². The monoisotopic (exact) mass is 253 g/mol. The summed E-state index contributed by atoms with van der Waals surface area (Å²) in [6, 6.07) is 4.25. The van der Waals surface area contributed by atoms with Crippen LogP contribution in [0.25, 0.3) is 0 Å². The van der Waals surface area contributed by atoms with Gasteiger partial charge in [-0.15, -0.1) is 0 Å². The normalized spacial score (nSPS) is 22.3. The van der Waals surface area contributed by atoms with Gasteiger partial charge in [-0.05, 0) is 48.9 Å². The number of nitrogens with one attached hydrogen (secondary N) is 1. The van der Waals surface area contributed by atoms with Crippen molar-refractivity contribution in [2.45, 2.75) is 45.6 Å². The number of hydrogen-bond donors (Lipinski definition) is 1. The Balaban J connectivity index is 1.85. The van der Waals surface area contributed by atoms with Crippen LogP contribution in [0.1, 0.15) is 38.7 Å². The molecule has 1 aromatic rings. The molecule has 1 aliphatic carbocycles. The first kappa shape index (κ1) is 13.5. The summed E-state index contributed by atoms with van der Waals surface area (Å²) in [5, 5.41) is 3.51. The second-order valence-electron chi connectivity index (χ2n) is 5.92. The molecule has 1 atom stereocenters.